The van der Waals surface area contributed by atoms with E-state index in [4.69, 9.17) is 4.74 Å². The summed E-state index contributed by atoms with van der Waals surface area (Å²) in [6, 6.07) is 12.1. The molecule has 2 aromatic carbocycles. The minimum absolute atomic E-state index is 0.260. The van der Waals surface area contributed by atoms with Crippen molar-refractivity contribution < 1.29 is 14.2 Å². The van der Waals surface area contributed by atoms with E-state index in [1.54, 1.807) is 12.1 Å². The number of hydrogen-bond acceptors (Lipinski definition) is 2. The number of hydrogen-bond donors (Lipinski definition) is 1. The highest BCUT2D eigenvalue weighted by Gasteiger charge is 2.19. The van der Waals surface area contributed by atoms with E-state index in [2.05, 4.69) is 0 Å². The second-order valence-electron chi connectivity index (χ2n) is 5.13. The van der Waals surface area contributed by atoms with Crippen molar-refractivity contribution in [3.8, 4) is 5.75 Å². The number of para-hydroxylation sites is 1. The van der Waals surface area contributed by atoms with Crippen LogP contribution in [0.25, 0.3) is 0 Å². The molecule has 3 rings (SSSR count). The minimum atomic E-state index is -0.631. The van der Waals surface area contributed by atoms with Crippen molar-refractivity contribution in [3.05, 3.63) is 65.0 Å². The van der Waals surface area contributed by atoms with Crippen LogP contribution in [0.4, 0.5) is 4.39 Å². The first-order valence-electron chi connectivity index (χ1n) is 6.91. The van der Waals surface area contributed by atoms with Gasteiger partial charge in [-0.1, -0.05) is 30.3 Å². The minimum Gasteiger partial charge on any atom is -0.493 e. The molecule has 0 fully saturated rings. The van der Waals surface area contributed by atoms with E-state index in [-0.39, 0.29) is 5.82 Å². The second-order valence-corrected chi connectivity index (χ2v) is 5.13. The molecule has 2 nitrogen and oxygen atoms in total. The topological polar surface area (TPSA) is 29.5 Å². The lowest BCUT2D eigenvalue weighted by atomic mass is 9.96. The molecular formula is C17H17FO2. The molecule has 1 aliphatic rings. The van der Waals surface area contributed by atoms with Gasteiger partial charge in [-0.05, 0) is 36.1 Å². The number of benzene rings is 2. The standard InChI is InChI=1S/C17H17FO2/c18-14-8-6-12(7-9-14)11-16(19)15-5-1-3-13-4-2-10-20-17(13)15/h1,3,5-9,16,19H,2,4,10-11H2. The van der Waals surface area contributed by atoms with Crippen molar-refractivity contribution in [1.29, 1.82) is 0 Å². The Morgan fingerprint density at radius 2 is 1.95 bits per heavy atom. The number of fused-ring (bicyclic) bond motifs is 1. The molecule has 0 saturated heterocycles. The third kappa shape index (κ3) is 2.68. The number of aliphatic hydroxyl groups excluding tert-OH is 1. The summed E-state index contributed by atoms with van der Waals surface area (Å²) in [5, 5.41) is 10.4. The summed E-state index contributed by atoms with van der Waals surface area (Å²) < 4.78 is 18.6. The van der Waals surface area contributed by atoms with Crippen molar-refractivity contribution in [2.45, 2.75) is 25.4 Å². The molecule has 0 amide bonds. The summed E-state index contributed by atoms with van der Waals surface area (Å²) in [6.07, 6.45) is 1.84. The van der Waals surface area contributed by atoms with Gasteiger partial charge in [0.2, 0.25) is 0 Å². The first-order chi connectivity index (χ1) is 9.74. The van der Waals surface area contributed by atoms with Gasteiger partial charge in [-0.2, -0.15) is 0 Å². The monoisotopic (exact) mass is 272 g/mol. The summed E-state index contributed by atoms with van der Waals surface area (Å²) in [5.41, 5.74) is 2.89. The summed E-state index contributed by atoms with van der Waals surface area (Å²) in [4.78, 5) is 0. The number of aliphatic hydroxyl groups is 1. The maximum Gasteiger partial charge on any atom is 0.128 e. The highest BCUT2D eigenvalue weighted by atomic mass is 19.1. The Morgan fingerprint density at radius 3 is 2.75 bits per heavy atom. The van der Waals surface area contributed by atoms with Gasteiger partial charge in [-0.3, -0.25) is 0 Å². The van der Waals surface area contributed by atoms with Crippen LogP contribution in [0.3, 0.4) is 0 Å². The van der Waals surface area contributed by atoms with Gasteiger partial charge in [0.15, 0.2) is 0 Å². The maximum absolute atomic E-state index is 12.9. The third-order valence-electron chi connectivity index (χ3n) is 3.67. The van der Waals surface area contributed by atoms with Gasteiger partial charge < -0.3 is 9.84 Å². The van der Waals surface area contributed by atoms with Crippen molar-refractivity contribution in [2.75, 3.05) is 6.61 Å². The van der Waals surface area contributed by atoms with E-state index >= 15 is 0 Å². The van der Waals surface area contributed by atoms with Crippen LogP contribution in [0.5, 0.6) is 5.75 Å². The van der Waals surface area contributed by atoms with Crippen LogP contribution in [0.2, 0.25) is 0 Å². The Morgan fingerprint density at radius 1 is 1.15 bits per heavy atom. The maximum atomic E-state index is 12.9. The van der Waals surface area contributed by atoms with Gasteiger partial charge >= 0.3 is 0 Å². The van der Waals surface area contributed by atoms with Crippen LogP contribution in [0.15, 0.2) is 42.5 Å². The van der Waals surface area contributed by atoms with Crippen molar-refractivity contribution in [1.82, 2.24) is 0 Å². The molecule has 0 aliphatic carbocycles. The van der Waals surface area contributed by atoms with E-state index in [1.165, 1.54) is 12.1 Å². The van der Waals surface area contributed by atoms with Gasteiger partial charge in [0.1, 0.15) is 11.6 Å². The number of rotatable bonds is 3. The predicted molar refractivity (Wildman–Crippen MR) is 75.3 cm³/mol. The summed E-state index contributed by atoms with van der Waals surface area (Å²) in [5.74, 6) is 0.567. The molecule has 0 saturated carbocycles. The van der Waals surface area contributed by atoms with E-state index in [0.29, 0.717) is 13.0 Å². The quantitative estimate of drug-likeness (QED) is 0.927. The summed E-state index contributed by atoms with van der Waals surface area (Å²) in [6.45, 7) is 0.702. The zero-order valence-corrected chi connectivity index (χ0v) is 11.2. The highest BCUT2D eigenvalue weighted by Crippen LogP contribution is 2.34. The Kier molecular flexibility index (Phi) is 3.70. The molecule has 104 valence electrons. The smallest absolute Gasteiger partial charge is 0.128 e. The van der Waals surface area contributed by atoms with Crippen LogP contribution in [-0.4, -0.2) is 11.7 Å². The molecule has 1 N–H and O–H groups in total. The van der Waals surface area contributed by atoms with Gasteiger partial charge in [-0.25, -0.2) is 4.39 Å². The second kappa shape index (κ2) is 5.63. The van der Waals surface area contributed by atoms with Crippen LogP contribution < -0.4 is 4.74 Å². The molecule has 0 radical (unpaired) electrons. The fourth-order valence-corrected chi connectivity index (χ4v) is 2.63. The molecule has 0 aromatic heterocycles. The largest absolute Gasteiger partial charge is 0.493 e. The third-order valence-corrected chi connectivity index (χ3v) is 3.67. The van der Waals surface area contributed by atoms with Gasteiger partial charge in [0, 0.05) is 12.0 Å². The number of halogens is 1. The van der Waals surface area contributed by atoms with Crippen LogP contribution in [0, 0.1) is 5.82 Å². The molecule has 0 spiro atoms. The lowest BCUT2D eigenvalue weighted by Crippen LogP contribution is -2.13. The van der Waals surface area contributed by atoms with E-state index in [9.17, 15) is 9.50 Å². The van der Waals surface area contributed by atoms with Gasteiger partial charge in [0.05, 0.1) is 12.7 Å². The van der Waals surface area contributed by atoms with Crippen molar-refractivity contribution in [3.63, 3.8) is 0 Å². The predicted octanol–water partition coefficient (Wildman–Crippen LogP) is 3.43. The fraction of sp³-hybridized carbons (Fsp3) is 0.294. The molecule has 0 bridgehead atoms. The lowest BCUT2D eigenvalue weighted by Gasteiger charge is -2.22. The zero-order valence-electron chi connectivity index (χ0n) is 11.2. The lowest BCUT2D eigenvalue weighted by molar-refractivity contribution is 0.169. The molecular weight excluding hydrogens is 255 g/mol. The first kappa shape index (κ1) is 13.1. The van der Waals surface area contributed by atoms with Crippen LogP contribution >= 0.6 is 0 Å². The van der Waals surface area contributed by atoms with E-state index < -0.39 is 6.10 Å². The Balaban J connectivity index is 1.83. The Hall–Kier alpha value is -1.87. The molecule has 1 heterocycles. The summed E-state index contributed by atoms with van der Waals surface area (Å²) in [7, 11) is 0. The van der Waals surface area contributed by atoms with Gasteiger partial charge in [-0.15, -0.1) is 0 Å². The van der Waals surface area contributed by atoms with Crippen LogP contribution in [-0.2, 0) is 12.8 Å². The Labute approximate surface area is 117 Å². The van der Waals surface area contributed by atoms with E-state index in [0.717, 1.165) is 35.3 Å². The van der Waals surface area contributed by atoms with Crippen molar-refractivity contribution in [2.24, 2.45) is 0 Å². The number of aryl methyl sites for hydroxylation is 1. The zero-order chi connectivity index (χ0) is 13.9. The highest BCUT2D eigenvalue weighted by molar-refractivity contribution is 5.44. The number of ether oxygens (including phenoxy) is 1. The molecule has 20 heavy (non-hydrogen) atoms. The SMILES string of the molecule is OC(Cc1ccc(F)cc1)c1cccc2c1OCCC2. The van der Waals surface area contributed by atoms with Crippen molar-refractivity contribution >= 4 is 0 Å². The molecule has 1 unspecified atom stereocenters. The average molecular weight is 272 g/mol. The van der Waals surface area contributed by atoms with Crippen LogP contribution in [0.1, 0.15) is 29.2 Å². The first-order valence-corrected chi connectivity index (χ1v) is 6.91. The molecule has 3 heteroatoms. The normalized spacial score (nSPS) is 15.3. The fourth-order valence-electron chi connectivity index (χ4n) is 2.63. The Bertz CT molecular complexity index is 592. The van der Waals surface area contributed by atoms with E-state index in [1.807, 2.05) is 18.2 Å². The molecule has 1 atom stereocenters. The molecule has 1 aliphatic heterocycles. The molecule has 2 aromatic rings. The average Bonchev–Trinajstić information content (AvgIpc) is 2.49. The van der Waals surface area contributed by atoms with Gasteiger partial charge in [0.25, 0.3) is 0 Å². The summed E-state index contributed by atoms with van der Waals surface area (Å²) >= 11 is 0.